The molecule has 0 bridgehead atoms. The van der Waals surface area contributed by atoms with E-state index < -0.39 is 4.92 Å². The molecular weight excluding hydrogens is 242 g/mol. The van der Waals surface area contributed by atoms with Crippen molar-refractivity contribution in [3.05, 3.63) is 16.3 Å². The van der Waals surface area contributed by atoms with Gasteiger partial charge in [-0.2, -0.15) is 4.98 Å². The predicted octanol–water partition coefficient (Wildman–Crippen LogP) is 1.95. The summed E-state index contributed by atoms with van der Waals surface area (Å²) in [6.45, 7) is 2.11. The van der Waals surface area contributed by atoms with Crippen LogP contribution in [0.5, 0.6) is 0 Å². The maximum Gasteiger partial charge on any atom is 0.319 e. The Bertz CT molecular complexity index is 388. The first-order valence-corrected chi connectivity index (χ1v) is 6.28. The quantitative estimate of drug-likeness (QED) is 0.192. The predicted molar refractivity (Wildman–Crippen MR) is 66.7 cm³/mol. The molecule has 0 aliphatic rings. The van der Waals surface area contributed by atoms with Crippen molar-refractivity contribution in [1.29, 1.82) is 0 Å². The monoisotopic (exact) mass is 257 g/mol. The van der Waals surface area contributed by atoms with E-state index in [0.29, 0.717) is 5.03 Å². The van der Waals surface area contributed by atoms with E-state index >= 15 is 0 Å². The third kappa shape index (κ3) is 4.16. The molecule has 8 heteroatoms. The SMILES string of the molecule is CCCCCSc1nc(NN)ncc1[N+](=O)[O-]. The van der Waals surface area contributed by atoms with Gasteiger partial charge in [-0.05, 0) is 12.2 Å². The molecule has 0 aliphatic carbocycles. The van der Waals surface area contributed by atoms with Crippen LogP contribution in [0.4, 0.5) is 11.6 Å². The van der Waals surface area contributed by atoms with E-state index in [-0.39, 0.29) is 11.6 Å². The van der Waals surface area contributed by atoms with Gasteiger partial charge in [0.1, 0.15) is 6.20 Å². The molecule has 0 spiro atoms. The van der Waals surface area contributed by atoms with Crippen molar-refractivity contribution in [2.75, 3.05) is 11.2 Å². The maximum atomic E-state index is 10.8. The summed E-state index contributed by atoms with van der Waals surface area (Å²) in [4.78, 5) is 18.0. The van der Waals surface area contributed by atoms with E-state index in [1.807, 2.05) is 0 Å². The van der Waals surface area contributed by atoms with Crippen LogP contribution in [0, 0.1) is 10.1 Å². The van der Waals surface area contributed by atoms with Crippen LogP contribution >= 0.6 is 11.8 Å². The Morgan fingerprint density at radius 1 is 1.59 bits per heavy atom. The van der Waals surface area contributed by atoms with Crippen molar-refractivity contribution in [1.82, 2.24) is 9.97 Å². The lowest BCUT2D eigenvalue weighted by Gasteiger charge is -2.03. The van der Waals surface area contributed by atoms with Gasteiger partial charge in [0.25, 0.3) is 0 Å². The minimum absolute atomic E-state index is 0.0782. The lowest BCUT2D eigenvalue weighted by atomic mass is 10.3. The number of hydrazine groups is 1. The highest BCUT2D eigenvalue weighted by atomic mass is 32.2. The average Bonchev–Trinajstić information content (AvgIpc) is 2.34. The summed E-state index contributed by atoms with van der Waals surface area (Å²) >= 11 is 1.36. The zero-order chi connectivity index (χ0) is 12.7. The first-order chi connectivity index (χ1) is 8.19. The number of unbranched alkanes of at least 4 members (excludes halogenated alkanes) is 2. The van der Waals surface area contributed by atoms with Gasteiger partial charge in [0.2, 0.25) is 5.95 Å². The van der Waals surface area contributed by atoms with Crippen molar-refractivity contribution < 1.29 is 4.92 Å². The fourth-order valence-corrected chi connectivity index (χ4v) is 2.15. The molecule has 0 saturated carbocycles. The van der Waals surface area contributed by atoms with E-state index in [4.69, 9.17) is 5.84 Å². The normalized spacial score (nSPS) is 10.2. The Kier molecular flexibility index (Phi) is 5.64. The van der Waals surface area contributed by atoms with Gasteiger partial charge in [0.15, 0.2) is 5.03 Å². The lowest BCUT2D eigenvalue weighted by molar-refractivity contribution is -0.388. The van der Waals surface area contributed by atoms with Crippen LogP contribution in [0.3, 0.4) is 0 Å². The molecule has 1 rings (SSSR count). The molecule has 17 heavy (non-hydrogen) atoms. The highest BCUT2D eigenvalue weighted by Crippen LogP contribution is 2.27. The van der Waals surface area contributed by atoms with Gasteiger partial charge in [-0.3, -0.25) is 15.5 Å². The zero-order valence-corrected chi connectivity index (χ0v) is 10.4. The second-order valence-electron chi connectivity index (χ2n) is 3.34. The molecule has 1 aromatic rings. The standard InChI is InChI=1S/C9H15N5O2S/c1-2-3-4-5-17-8-7(14(15)16)6-11-9(12-8)13-10/h6H,2-5,10H2,1H3,(H,11,12,13). The van der Waals surface area contributed by atoms with Crippen molar-refractivity contribution >= 4 is 23.4 Å². The minimum atomic E-state index is -0.484. The first-order valence-electron chi connectivity index (χ1n) is 5.30. The number of hydrogen-bond acceptors (Lipinski definition) is 7. The van der Waals surface area contributed by atoms with Gasteiger partial charge < -0.3 is 0 Å². The molecule has 1 heterocycles. The largest absolute Gasteiger partial charge is 0.319 e. The highest BCUT2D eigenvalue weighted by Gasteiger charge is 2.17. The summed E-state index contributed by atoms with van der Waals surface area (Å²) in [5.41, 5.74) is 2.20. The van der Waals surface area contributed by atoms with Gasteiger partial charge in [0.05, 0.1) is 4.92 Å². The second kappa shape index (κ2) is 7.02. The molecule has 0 radical (unpaired) electrons. The van der Waals surface area contributed by atoms with Crippen LogP contribution in [-0.4, -0.2) is 20.6 Å². The van der Waals surface area contributed by atoms with Gasteiger partial charge >= 0.3 is 5.69 Å². The number of nitrogens with two attached hydrogens (primary N) is 1. The van der Waals surface area contributed by atoms with Crippen molar-refractivity contribution in [3.8, 4) is 0 Å². The number of nitrogens with one attached hydrogen (secondary N) is 1. The molecule has 0 unspecified atom stereocenters. The topological polar surface area (TPSA) is 107 Å². The lowest BCUT2D eigenvalue weighted by Crippen LogP contribution is -2.11. The number of anilines is 1. The third-order valence-corrected chi connectivity index (χ3v) is 3.11. The molecule has 0 amide bonds. The second-order valence-corrected chi connectivity index (χ2v) is 4.42. The number of nitro groups is 1. The van der Waals surface area contributed by atoms with Crippen LogP contribution in [0.25, 0.3) is 0 Å². The summed E-state index contributed by atoms with van der Waals surface area (Å²) < 4.78 is 0. The molecule has 94 valence electrons. The molecule has 7 nitrogen and oxygen atoms in total. The van der Waals surface area contributed by atoms with Gasteiger partial charge in [-0.15, -0.1) is 0 Å². The molecule has 3 N–H and O–H groups in total. The number of nitrogen functional groups attached to an aromatic ring is 1. The molecule has 1 aromatic heterocycles. The van der Waals surface area contributed by atoms with E-state index in [1.165, 1.54) is 18.0 Å². The van der Waals surface area contributed by atoms with Crippen molar-refractivity contribution in [2.24, 2.45) is 5.84 Å². The van der Waals surface area contributed by atoms with E-state index in [2.05, 4.69) is 22.3 Å². The fourth-order valence-electron chi connectivity index (χ4n) is 1.18. The van der Waals surface area contributed by atoms with Crippen LogP contribution in [0.15, 0.2) is 11.2 Å². The van der Waals surface area contributed by atoms with Gasteiger partial charge in [0, 0.05) is 0 Å². The van der Waals surface area contributed by atoms with Crippen LogP contribution < -0.4 is 11.3 Å². The van der Waals surface area contributed by atoms with E-state index in [1.54, 1.807) is 0 Å². The maximum absolute atomic E-state index is 10.8. The van der Waals surface area contributed by atoms with Crippen LogP contribution in [0.2, 0.25) is 0 Å². The Balaban J connectivity index is 2.75. The number of hydrogen-bond donors (Lipinski definition) is 2. The molecule has 0 aromatic carbocycles. The minimum Gasteiger partial charge on any atom is -0.292 e. The molecule has 0 aliphatic heterocycles. The van der Waals surface area contributed by atoms with Crippen LogP contribution in [-0.2, 0) is 0 Å². The number of aromatic nitrogens is 2. The highest BCUT2D eigenvalue weighted by molar-refractivity contribution is 7.99. The number of thioether (sulfide) groups is 1. The smallest absolute Gasteiger partial charge is 0.292 e. The summed E-state index contributed by atoms with van der Waals surface area (Å²) in [5.74, 6) is 6.16. The fraction of sp³-hybridized carbons (Fsp3) is 0.556. The van der Waals surface area contributed by atoms with Crippen LogP contribution in [0.1, 0.15) is 26.2 Å². The Hall–Kier alpha value is -1.41. The average molecular weight is 257 g/mol. The van der Waals surface area contributed by atoms with Gasteiger partial charge in [-0.1, -0.05) is 31.5 Å². The summed E-state index contributed by atoms with van der Waals surface area (Å²) in [6, 6.07) is 0. The van der Waals surface area contributed by atoms with E-state index in [0.717, 1.165) is 25.0 Å². The molecule has 0 saturated heterocycles. The van der Waals surface area contributed by atoms with E-state index in [9.17, 15) is 10.1 Å². The summed E-state index contributed by atoms with van der Waals surface area (Å²) in [6.07, 6.45) is 4.40. The van der Waals surface area contributed by atoms with Crippen molar-refractivity contribution in [3.63, 3.8) is 0 Å². The van der Waals surface area contributed by atoms with Crippen molar-refractivity contribution in [2.45, 2.75) is 31.2 Å². The summed E-state index contributed by atoms with van der Waals surface area (Å²) in [5, 5.41) is 11.1. The third-order valence-electron chi connectivity index (χ3n) is 2.05. The summed E-state index contributed by atoms with van der Waals surface area (Å²) in [7, 11) is 0. The number of rotatable bonds is 7. The Labute approximate surface area is 103 Å². The zero-order valence-electron chi connectivity index (χ0n) is 9.55. The van der Waals surface area contributed by atoms with Gasteiger partial charge in [-0.25, -0.2) is 10.8 Å². The number of nitrogens with zero attached hydrogens (tertiary/aromatic N) is 3. The molecule has 0 atom stereocenters. The Morgan fingerprint density at radius 3 is 2.94 bits per heavy atom. The Morgan fingerprint density at radius 2 is 2.35 bits per heavy atom. The first kappa shape index (κ1) is 13.7. The molecular formula is C9H15N5O2S. The molecule has 0 fully saturated rings.